The Kier molecular flexibility index (Phi) is 11.6. The molecule has 0 rings (SSSR count). The first kappa shape index (κ1) is 15.3. The van der Waals surface area contributed by atoms with E-state index in [1.54, 1.807) is 0 Å². The molecule has 0 amide bonds. The lowest BCUT2D eigenvalue weighted by atomic mass is 10.1. The first-order chi connectivity index (χ1) is 5.72. The van der Waals surface area contributed by atoms with Crippen LogP contribution in [0, 0.1) is 12.3 Å². The molecule has 0 unspecified atom stereocenters. The molecule has 0 heterocycles. The number of hydrogen-bond acceptors (Lipinski definition) is 1. The second-order valence-electron chi connectivity index (χ2n) is 3.46. The van der Waals surface area contributed by atoms with Crippen LogP contribution in [0.4, 0.5) is 0 Å². The van der Waals surface area contributed by atoms with Crippen LogP contribution in [0.5, 0.6) is 0 Å². The molecule has 0 aliphatic rings. The third-order valence-corrected chi connectivity index (χ3v) is 2.32. The molecule has 0 N–H and O–H groups in total. The fraction of sp³-hybridized carbons (Fsp3) is 0.818. The lowest BCUT2D eigenvalue weighted by molar-refractivity contribution is 0.269. The van der Waals surface area contributed by atoms with Gasteiger partial charge in [-0.05, 0) is 20.4 Å². The monoisotopic (exact) mass is 203 g/mol. The van der Waals surface area contributed by atoms with Crippen molar-refractivity contribution in [1.29, 1.82) is 0 Å². The number of terminal acetylenes is 1. The van der Waals surface area contributed by atoms with Gasteiger partial charge in [0, 0.05) is 6.04 Å². The highest BCUT2D eigenvalue weighted by molar-refractivity contribution is 5.85. The molecule has 0 saturated carbocycles. The molecule has 0 aromatic heterocycles. The molecule has 78 valence electrons. The maximum absolute atomic E-state index is 5.23. The van der Waals surface area contributed by atoms with Crippen LogP contribution in [-0.4, -0.2) is 24.5 Å². The quantitative estimate of drug-likeness (QED) is 0.474. The van der Waals surface area contributed by atoms with Gasteiger partial charge in [0.15, 0.2) is 0 Å². The average Bonchev–Trinajstić information content (AvgIpc) is 2.05. The molecule has 0 aromatic rings. The summed E-state index contributed by atoms with van der Waals surface area (Å²) in [6.07, 6.45) is 10.5. The molecule has 0 spiro atoms. The van der Waals surface area contributed by atoms with Crippen LogP contribution in [0.1, 0.15) is 39.5 Å². The molecule has 0 aliphatic heterocycles. The third-order valence-electron chi connectivity index (χ3n) is 2.32. The summed E-state index contributed by atoms with van der Waals surface area (Å²) in [5.41, 5.74) is 0. The van der Waals surface area contributed by atoms with Crippen molar-refractivity contribution in [2.75, 3.05) is 13.6 Å². The summed E-state index contributed by atoms with van der Waals surface area (Å²) >= 11 is 0. The standard InChI is InChI=1S/C11H21N.ClH/c1-5-7-8-9-11(3)12(4)10-6-2;/h2,11H,5,7-10H2,1,3-4H3;1H/t11-;/m1./s1. The van der Waals surface area contributed by atoms with Gasteiger partial charge in [-0.25, -0.2) is 0 Å². The van der Waals surface area contributed by atoms with Crippen LogP contribution in [0.25, 0.3) is 0 Å². The Bertz CT molecular complexity index is 140. The van der Waals surface area contributed by atoms with E-state index in [1.807, 2.05) is 0 Å². The minimum atomic E-state index is 0. The predicted molar refractivity (Wildman–Crippen MR) is 62.3 cm³/mol. The van der Waals surface area contributed by atoms with Gasteiger partial charge in [-0.1, -0.05) is 32.1 Å². The molecule has 0 radical (unpaired) electrons. The molecule has 0 bridgehead atoms. The van der Waals surface area contributed by atoms with Gasteiger partial charge < -0.3 is 0 Å². The van der Waals surface area contributed by atoms with E-state index in [2.05, 4.69) is 31.7 Å². The van der Waals surface area contributed by atoms with E-state index >= 15 is 0 Å². The molecule has 0 fully saturated rings. The first-order valence-corrected chi connectivity index (χ1v) is 4.86. The van der Waals surface area contributed by atoms with E-state index in [9.17, 15) is 0 Å². The van der Waals surface area contributed by atoms with Crippen molar-refractivity contribution in [3.8, 4) is 12.3 Å². The van der Waals surface area contributed by atoms with Crippen molar-refractivity contribution in [2.24, 2.45) is 0 Å². The zero-order valence-electron chi connectivity index (χ0n) is 9.05. The number of nitrogens with zero attached hydrogens (tertiary/aromatic N) is 1. The zero-order chi connectivity index (χ0) is 9.40. The number of hydrogen-bond donors (Lipinski definition) is 0. The molecule has 1 atom stereocenters. The van der Waals surface area contributed by atoms with Crippen LogP contribution in [0.15, 0.2) is 0 Å². The molecular formula is C11H22ClN. The van der Waals surface area contributed by atoms with E-state index < -0.39 is 0 Å². The van der Waals surface area contributed by atoms with Crippen molar-refractivity contribution in [3.63, 3.8) is 0 Å². The van der Waals surface area contributed by atoms with Gasteiger partial charge in [0.05, 0.1) is 6.54 Å². The van der Waals surface area contributed by atoms with Gasteiger partial charge in [-0.3, -0.25) is 4.90 Å². The molecule has 13 heavy (non-hydrogen) atoms. The predicted octanol–water partition coefficient (Wildman–Crippen LogP) is 2.94. The Labute approximate surface area is 89.3 Å². The van der Waals surface area contributed by atoms with Gasteiger partial charge in [-0.2, -0.15) is 0 Å². The van der Waals surface area contributed by atoms with Gasteiger partial charge in [0.25, 0.3) is 0 Å². The molecule has 0 aromatic carbocycles. The van der Waals surface area contributed by atoms with Crippen molar-refractivity contribution >= 4 is 12.4 Å². The summed E-state index contributed by atoms with van der Waals surface area (Å²) in [5.74, 6) is 2.66. The normalized spacial score (nSPS) is 11.9. The highest BCUT2D eigenvalue weighted by Crippen LogP contribution is 2.07. The fourth-order valence-electron chi connectivity index (χ4n) is 1.21. The smallest absolute Gasteiger partial charge is 0.0598 e. The lowest BCUT2D eigenvalue weighted by Crippen LogP contribution is -2.29. The molecule has 0 aliphatic carbocycles. The molecule has 0 saturated heterocycles. The van der Waals surface area contributed by atoms with Crippen molar-refractivity contribution in [2.45, 2.75) is 45.6 Å². The van der Waals surface area contributed by atoms with Crippen molar-refractivity contribution < 1.29 is 0 Å². The van der Waals surface area contributed by atoms with E-state index in [0.29, 0.717) is 6.04 Å². The molecule has 1 nitrogen and oxygen atoms in total. The highest BCUT2D eigenvalue weighted by atomic mass is 35.5. The Balaban J connectivity index is 0. The van der Waals surface area contributed by atoms with Crippen LogP contribution in [0.3, 0.4) is 0 Å². The van der Waals surface area contributed by atoms with Crippen molar-refractivity contribution in [3.05, 3.63) is 0 Å². The topological polar surface area (TPSA) is 3.24 Å². The third kappa shape index (κ3) is 8.15. The van der Waals surface area contributed by atoms with Crippen LogP contribution in [-0.2, 0) is 0 Å². The summed E-state index contributed by atoms with van der Waals surface area (Å²) in [7, 11) is 2.09. The molecule has 2 heteroatoms. The maximum Gasteiger partial charge on any atom is 0.0598 e. The largest absolute Gasteiger partial charge is 0.293 e. The minimum Gasteiger partial charge on any atom is -0.293 e. The summed E-state index contributed by atoms with van der Waals surface area (Å²) in [6, 6.07) is 0.632. The number of unbranched alkanes of at least 4 members (excludes halogenated alkanes) is 2. The fourth-order valence-corrected chi connectivity index (χ4v) is 1.21. The summed E-state index contributed by atoms with van der Waals surface area (Å²) in [4.78, 5) is 2.23. The van der Waals surface area contributed by atoms with Crippen LogP contribution in [0.2, 0.25) is 0 Å². The van der Waals surface area contributed by atoms with E-state index in [-0.39, 0.29) is 12.4 Å². The van der Waals surface area contributed by atoms with Gasteiger partial charge in [0.1, 0.15) is 0 Å². The Morgan fingerprint density at radius 1 is 1.38 bits per heavy atom. The maximum atomic E-state index is 5.23. The Morgan fingerprint density at radius 3 is 2.46 bits per heavy atom. The number of halogens is 1. The van der Waals surface area contributed by atoms with Crippen LogP contribution < -0.4 is 0 Å². The second kappa shape index (κ2) is 9.89. The highest BCUT2D eigenvalue weighted by Gasteiger charge is 2.05. The summed E-state index contributed by atoms with van der Waals surface area (Å²) in [5, 5.41) is 0. The minimum absolute atomic E-state index is 0. The Hall–Kier alpha value is -0.190. The SMILES string of the molecule is C#CCN(C)[C@H](C)CCCCC.Cl. The van der Waals surface area contributed by atoms with E-state index in [1.165, 1.54) is 25.7 Å². The van der Waals surface area contributed by atoms with E-state index in [4.69, 9.17) is 6.42 Å². The Morgan fingerprint density at radius 2 is 2.00 bits per heavy atom. The number of rotatable bonds is 6. The van der Waals surface area contributed by atoms with Gasteiger partial charge >= 0.3 is 0 Å². The first-order valence-electron chi connectivity index (χ1n) is 4.86. The van der Waals surface area contributed by atoms with Gasteiger partial charge in [-0.15, -0.1) is 18.8 Å². The van der Waals surface area contributed by atoms with Crippen molar-refractivity contribution in [1.82, 2.24) is 4.90 Å². The zero-order valence-corrected chi connectivity index (χ0v) is 9.86. The van der Waals surface area contributed by atoms with E-state index in [0.717, 1.165) is 6.54 Å². The molecular weight excluding hydrogens is 182 g/mol. The lowest BCUT2D eigenvalue weighted by Gasteiger charge is -2.22. The van der Waals surface area contributed by atoms with Gasteiger partial charge in [0.2, 0.25) is 0 Å². The summed E-state index contributed by atoms with van der Waals surface area (Å²) < 4.78 is 0. The van der Waals surface area contributed by atoms with Crippen LogP contribution >= 0.6 is 12.4 Å². The average molecular weight is 204 g/mol. The summed E-state index contributed by atoms with van der Waals surface area (Å²) in [6.45, 7) is 5.25. The second-order valence-corrected chi connectivity index (χ2v) is 3.46.